The van der Waals surface area contributed by atoms with Crippen LogP contribution in [0.25, 0.3) is 0 Å². The number of hydrogen-bond donors (Lipinski definition) is 0. The third-order valence-corrected chi connectivity index (χ3v) is 5.31. The van der Waals surface area contributed by atoms with Gasteiger partial charge in [0.25, 0.3) is 0 Å². The van der Waals surface area contributed by atoms with E-state index in [1.807, 2.05) is 30.7 Å². The molecule has 0 aromatic heterocycles. The van der Waals surface area contributed by atoms with Crippen molar-refractivity contribution in [3.8, 4) is 0 Å². The Kier molecular flexibility index (Phi) is 4.19. The van der Waals surface area contributed by atoms with Gasteiger partial charge in [0.1, 0.15) is 0 Å². The van der Waals surface area contributed by atoms with Crippen molar-refractivity contribution in [1.82, 2.24) is 14.7 Å². The zero-order chi connectivity index (χ0) is 15.9. The molecule has 0 bridgehead atoms. The lowest BCUT2D eigenvalue weighted by molar-refractivity contribution is -0.135. The van der Waals surface area contributed by atoms with Gasteiger partial charge in [-0.25, -0.2) is 0 Å². The fraction of sp³-hybridized carbons (Fsp3) is 0.882. The molecule has 0 aromatic rings. The van der Waals surface area contributed by atoms with Crippen molar-refractivity contribution in [2.75, 3.05) is 46.3 Å². The first-order chi connectivity index (χ1) is 10.4. The summed E-state index contributed by atoms with van der Waals surface area (Å²) in [5.74, 6) is 1.33. The lowest BCUT2D eigenvalue weighted by Gasteiger charge is -2.34. The highest BCUT2D eigenvalue weighted by Gasteiger charge is 2.46. The molecule has 1 saturated carbocycles. The molecular weight excluding hydrogens is 278 g/mol. The van der Waals surface area contributed by atoms with Crippen molar-refractivity contribution in [2.45, 2.75) is 33.1 Å². The molecule has 2 saturated heterocycles. The third-order valence-electron chi connectivity index (χ3n) is 5.31. The molecule has 2 amide bonds. The fourth-order valence-electron chi connectivity index (χ4n) is 4.04. The molecule has 2 aliphatic heterocycles. The fourth-order valence-corrected chi connectivity index (χ4v) is 4.04. The molecule has 1 unspecified atom stereocenters. The van der Waals surface area contributed by atoms with Crippen LogP contribution in [0.15, 0.2) is 0 Å². The molecule has 3 rings (SSSR count). The van der Waals surface area contributed by atoms with Gasteiger partial charge in [-0.15, -0.1) is 0 Å². The van der Waals surface area contributed by atoms with Crippen molar-refractivity contribution in [3.63, 3.8) is 0 Å². The van der Waals surface area contributed by atoms with E-state index in [2.05, 4.69) is 4.90 Å². The van der Waals surface area contributed by atoms with Crippen LogP contribution < -0.4 is 0 Å². The Balaban J connectivity index is 1.78. The van der Waals surface area contributed by atoms with Crippen molar-refractivity contribution < 1.29 is 9.59 Å². The number of carbonyl (C=O) groups excluding carboxylic acids is 2. The minimum absolute atomic E-state index is 0.0295. The molecule has 1 aliphatic carbocycles. The largest absolute Gasteiger partial charge is 0.345 e. The van der Waals surface area contributed by atoms with E-state index in [9.17, 15) is 9.59 Å². The van der Waals surface area contributed by atoms with Crippen LogP contribution in [0.1, 0.15) is 33.1 Å². The average Bonchev–Trinajstić information content (AvgIpc) is 3.22. The second kappa shape index (κ2) is 5.84. The van der Waals surface area contributed by atoms with Gasteiger partial charge in [-0.05, 0) is 18.8 Å². The number of nitrogens with zero attached hydrogens (tertiary/aromatic N) is 3. The molecule has 5 heteroatoms. The Labute approximate surface area is 133 Å². The van der Waals surface area contributed by atoms with Crippen LogP contribution in [0.3, 0.4) is 0 Å². The van der Waals surface area contributed by atoms with Crippen LogP contribution in [0, 0.1) is 17.3 Å². The van der Waals surface area contributed by atoms with E-state index in [-0.39, 0.29) is 23.1 Å². The van der Waals surface area contributed by atoms with Gasteiger partial charge >= 0.3 is 0 Å². The molecule has 0 radical (unpaired) electrons. The van der Waals surface area contributed by atoms with Gasteiger partial charge in [0.05, 0.1) is 0 Å². The van der Waals surface area contributed by atoms with E-state index in [0.29, 0.717) is 6.42 Å². The summed E-state index contributed by atoms with van der Waals surface area (Å²) in [5.41, 5.74) is -0.0677. The number of amides is 2. The van der Waals surface area contributed by atoms with Crippen LogP contribution in [0.5, 0.6) is 0 Å². The molecule has 22 heavy (non-hydrogen) atoms. The summed E-state index contributed by atoms with van der Waals surface area (Å²) >= 11 is 0. The highest BCUT2D eigenvalue weighted by atomic mass is 16.2. The molecule has 124 valence electrons. The van der Waals surface area contributed by atoms with E-state index in [0.717, 1.165) is 45.2 Å². The number of hydrogen-bond acceptors (Lipinski definition) is 3. The number of carbonyl (C=O) groups is 2. The molecule has 0 aromatic carbocycles. The highest BCUT2D eigenvalue weighted by Crippen LogP contribution is 2.37. The quantitative estimate of drug-likeness (QED) is 0.783. The molecule has 3 aliphatic rings. The van der Waals surface area contributed by atoms with Crippen LogP contribution in [0.4, 0.5) is 0 Å². The predicted molar refractivity (Wildman–Crippen MR) is 85.3 cm³/mol. The second-order valence-corrected chi connectivity index (χ2v) is 8.02. The molecule has 1 spiro atoms. The van der Waals surface area contributed by atoms with Crippen LogP contribution >= 0.6 is 0 Å². The predicted octanol–water partition coefficient (Wildman–Crippen LogP) is 1.05. The van der Waals surface area contributed by atoms with Gasteiger partial charge in [0.15, 0.2) is 0 Å². The Morgan fingerprint density at radius 1 is 1.23 bits per heavy atom. The zero-order valence-electron chi connectivity index (χ0n) is 14.2. The first-order valence-corrected chi connectivity index (χ1v) is 8.64. The maximum absolute atomic E-state index is 12.5. The minimum Gasteiger partial charge on any atom is -0.345 e. The van der Waals surface area contributed by atoms with E-state index in [1.54, 1.807) is 0 Å². The van der Waals surface area contributed by atoms with Crippen molar-refractivity contribution >= 4 is 11.8 Å². The summed E-state index contributed by atoms with van der Waals surface area (Å²) in [5, 5.41) is 0. The first-order valence-electron chi connectivity index (χ1n) is 8.64. The lowest BCUT2D eigenvalue weighted by atomic mass is 9.85. The number of rotatable bonds is 3. The summed E-state index contributed by atoms with van der Waals surface area (Å²) in [6.07, 6.45) is 3.28. The number of likely N-dealkylation sites (tertiary alicyclic amines) is 1. The normalized spacial score (nSPS) is 30.5. The van der Waals surface area contributed by atoms with E-state index < -0.39 is 0 Å². The second-order valence-electron chi connectivity index (χ2n) is 8.02. The molecule has 2 heterocycles. The maximum Gasteiger partial charge on any atom is 0.225 e. The third kappa shape index (κ3) is 3.29. The van der Waals surface area contributed by atoms with Gasteiger partial charge < -0.3 is 14.7 Å². The highest BCUT2D eigenvalue weighted by molar-refractivity contribution is 5.80. The Morgan fingerprint density at radius 2 is 1.95 bits per heavy atom. The molecule has 3 fully saturated rings. The van der Waals surface area contributed by atoms with Crippen LogP contribution in [-0.2, 0) is 9.59 Å². The van der Waals surface area contributed by atoms with Crippen LogP contribution in [0.2, 0.25) is 0 Å². The summed E-state index contributed by atoms with van der Waals surface area (Å²) in [7, 11) is 1.89. The molecule has 1 atom stereocenters. The monoisotopic (exact) mass is 307 g/mol. The van der Waals surface area contributed by atoms with Gasteiger partial charge in [-0.2, -0.15) is 0 Å². The van der Waals surface area contributed by atoms with E-state index >= 15 is 0 Å². The van der Waals surface area contributed by atoms with Gasteiger partial charge in [0.2, 0.25) is 11.8 Å². The summed E-state index contributed by atoms with van der Waals surface area (Å²) < 4.78 is 0. The van der Waals surface area contributed by atoms with E-state index in [1.165, 1.54) is 12.8 Å². The summed E-state index contributed by atoms with van der Waals surface area (Å²) in [6, 6.07) is 0. The molecule has 0 N–H and O–H groups in total. The Hall–Kier alpha value is -1.10. The molecule has 5 nitrogen and oxygen atoms in total. The van der Waals surface area contributed by atoms with Gasteiger partial charge in [0, 0.05) is 64.1 Å². The topological polar surface area (TPSA) is 43.9 Å². The van der Waals surface area contributed by atoms with Crippen molar-refractivity contribution in [3.05, 3.63) is 0 Å². The first kappa shape index (κ1) is 15.8. The maximum atomic E-state index is 12.5. The standard InChI is InChI=1S/C17H29N3O2/c1-13(2)16(22)20-7-6-19(9-14-4-5-14)11-17(12-20)8-15(21)18(3)10-17/h13-14H,4-12H2,1-3H3. The van der Waals surface area contributed by atoms with Gasteiger partial charge in [-0.3, -0.25) is 9.59 Å². The Morgan fingerprint density at radius 3 is 2.50 bits per heavy atom. The summed E-state index contributed by atoms with van der Waals surface area (Å²) in [4.78, 5) is 31.0. The van der Waals surface area contributed by atoms with Gasteiger partial charge in [-0.1, -0.05) is 13.8 Å². The van der Waals surface area contributed by atoms with E-state index in [4.69, 9.17) is 0 Å². The van der Waals surface area contributed by atoms with Crippen molar-refractivity contribution in [1.29, 1.82) is 0 Å². The summed E-state index contributed by atoms with van der Waals surface area (Å²) in [6.45, 7) is 9.32. The van der Waals surface area contributed by atoms with Crippen molar-refractivity contribution in [2.24, 2.45) is 17.3 Å². The lowest BCUT2D eigenvalue weighted by Crippen LogP contribution is -2.45. The zero-order valence-corrected chi connectivity index (χ0v) is 14.2. The SMILES string of the molecule is CC(C)C(=O)N1CCN(CC2CC2)CC2(CC(=O)N(C)C2)C1. The minimum atomic E-state index is -0.0677. The average molecular weight is 307 g/mol. The smallest absolute Gasteiger partial charge is 0.225 e. The Bertz CT molecular complexity index is 461. The molecular formula is C17H29N3O2. The van der Waals surface area contributed by atoms with Crippen LogP contribution in [-0.4, -0.2) is 72.8 Å².